The fourth-order valence-electron chi connectivity index (χ4n) is 2.23. The molecular formula is C16H13BrN2OS. The maximum absolute atomic E-state index is 12.4. The van der Waals surface area contributed by atoms with Crippen molar-refractivity contribution in [2.45, 2.75) is 6.92 Å². The van der Waals surface area contributed by atoms with Gasteiger partial charge in [-0.3, -0.25) is 4.79 Å². The molecule has 0 saturated carbocycles. The Bertz CT molecular complexity index is 821. The van der Waals surface area contributed by atoms with E-state index in [0.29, 0.717) is 10.6 Å². The largest absolute Gasteiger partial charge is 0.397 e. The highest BCUT2D eigenvalue weighted by Crippen LogP contribution is 2.34. The Labute approximate surface area is 134 Å². The lowest BCUT2D eigenvalue weighted by Crippen LogP contribution is -2.12. The zero-order chi connectivity index (χ0) is 15.0. The van der Waals surface area contributed by atoms with Gasteiger partial charge in [0.15, 0.2) is 0 Å². The van der Waals surface area contributed by atoms with Gasteiger partial charge < -0.3 is 11.1 Å². The first-order chi connectivity index (χ1) is 10.0. The highest BCUT2D eigenvalue weighted by molar-refractivity contribution is 9.10. The van der Waals surface area contributed by atoms with E-state index in [2.05, 4.69) is 21.2 Å². The number of hydrogen-bond acceptors (Lipinski definition) is 3. The number of carbonyl (C=O) groups is 1. The summed E-state index contributed by atoms with van der Waals surface area (Å²) in [4.78, 5) is 13.0. The van der Waals surface area contributed by atoms with Crippen LogP contribution in [0.1, 0.15) is 15.2 Å². The molecule has 0 unspecified atom stereocenters. The van der Waals surface area contributed by atoms with Crippen LogP contribution < -0.4 is 11.1 Å². The quantitative estimate of drug-likeness (QED) is 0.688. The number of amides is 1. The molecule has 106 valence electrons. The van der Waals surface area contributed by atoms with Gasteiger partial charge in [0.05, 0.1) is 5.69 Å². The molecule has 21 heavy (non-hydrogen) atoms. The Hall–Kier alpha value is -1.85. The molecule has 0 spiro atoms. The van der Waals surface area contributed by atoms with Crippen LogP contribution in [0.3, 0.4) is 0 Å². The van der Waals surface area contributed by atoms with Crippen molar-refractivity contribution >= 4 is 54.6 Å². The standard InChI is InChI=1S/C16H13BrN2OS/c1-9-6-10(17)8-11(7-9)19-16(20)15-14(18)12-4-2-3-5-13(12)21-15/h2-8H,18H2,1H3,(H,19,20). The third-order valence-electron chi connectivity index (χ3n) is 3.14. The summed E-state index contributed by atoms with van der Waals surface area (Å²) in [7, 11) is 0. The summed E-state index contributed by atoms with van der Waals surface area (Å²) in [5.41, 5.74) is 8.46. The molecule has 1 amide bonds. The lowest BCUT2D eigenvalue weighted by atomic mass is 10.2. The second-order valence-corrected chi connectivity index (χ2v) is 6.78. The summed E-state index contributed by atoms with van der Waals surface area (Å²) in [5.74, 6) is -0.175. The molecule has 0 aliphatic rings. The third kappa shape index (κ3) is 2.80. The van der Waals surface area contributed by atoms with E-state index in [4.69, 9.17) is 5.73 Å². The molecule has 3 N–H and O–H groups in total. The number of nitrogens with two attached hydrogens (primary N) is 1. The second kappa shape index (κ2) is 5.50. The number of anilines is 2. The van der Waals surface area contributed by atoms with Crippen LogP contribution in [0.5, 0.6) is 0 Å². The fraction of sp³-hybridized carbons (Fsp3) is 0.0625. The minimum atomic E-state index is -0.175. The van der Waals surface area contributed by atoms with Gasteiger partial charge >= 0.3 is 0 Å². The topological polar surface area (TPSA) is 55.1 Å². The number of aryl methyl sites for hydroxylation is 1. The van der Waals surface area contributed by atoms with Gasteiger partial charge in [0.1, 0.15) is 4.88 Å². The van der Waals surface area contributed by atoms with Crippen molar-refractivity contribution in [1.29, 1.82) is 0 Å². The summed E-state index contributed by atoms with van der Waals surface area (Å²) in [6, 6.07) is 13.5. The van der Waals surface area contributed by atoms with E-state index in [1.54, 1.807) is 0 Å². The van der Waals surface area contributed by atoms with Crippen molar-refractivity contribution in [2.24, 2.45) is 0 Å². The highest BCUT2D eigenvalue weighted by Gasteiger charge is 2.16. The van der Waals surface area contributed by atoms with E-state index in [1.165, 1.54) is 11.3 Å². The van der Waals surface area contributed by atoms with Crippen molar-refractivity contribution in [3.63, 3.8) is 0 Å². The molecule has 0 fully saturated rings. The van der Waals surface area contributed by atoms with Gasteiger partial charge in [-0.05, 0) is 36.8 Å². The van der Waals surface area contributed by atoms with Crippen molar-refractivity contribution in [2.75, 3.05) is 11.1 Å². The monoisotopic (exact) mass is 360 g/mol. The van der Waals surface area contributed by atoms with E-state index >= 15 is 0 Å². The van der Waals surface area contributed by atoms with Gasteiger partial charge in [-0.2, -0.15) is 0 Å². The maximum atomic E-state index is 12.4. The molecule has 3 aromatic rings. The number of fused-ring (bicyclic) bond motifs is 1. The smallest absolute Gasteiger partial charge is 0.267 e. The van der Waals surface area contributed by atoms with Crippen LogP contribution in [-0.2, 0) is 0 Å². The van der Waals surface area contributed by atoms with Gasteiger partial charge in [-0.1, -0.05) is 34.1 Å². The van der Waals surface area contributed by atoms with Gasteiger partial charge in [0.25, 0.3) is 5.91 Å². The maximum Gasteiger partial charge on any atom is 0.267 e. The van der Waals surface area contributed by atoms with Crippen molar-refractivity contribution < 1.29 is 4.79 Å². The molecule has 3 nitrogen and oxygen atoms in total. The summed E-state index contributed by atoms with van der Waals surface area (Å²) in [5, 5.41) is 3.83. The normalized spacial score (nSPS) is 10.8. The van der Waals surface area contributed by atoms with Crippen LogP contribution in [0.25, 0.3) is 10.1 Å². The first-order valence-electron chi connectivity index (χ1n) is 6.40. The molecule has 0 aliphatic heterocycles. The predicted octanol–water partition coefficient (Wildman–Crippen LogP) is 4.81. The molecule has 2 aromatic carbocycles. The number of thiophene rings is 1. The number of rotatable bonds is 2. The molecule has 0 atom stereocenters. The van der Waals surface area contributed by atoms with E-state index < -0.39 is 0 Å². The Morgan fingerprint density at radius 2 is 2.00 bits per heavy atom. The van der Waals surface area contributed by atoms with Crippen molar-refractivity contribution in [3.05, 3.63) is 57.4 Å². The predicted molar refractivity (Wildman–Crippen MR) is 93.1 cm³/mol. The molecule has 0 radical (unpaired) electrons. The molecule has 0 aliphatic carbocycles. The molecule has 3 rings (SSSR count). The minimum Gasteiger partial charge on any atom is -0.397 e. The number of halogens is 1. The molecule has 0 bridgehead atoms. The van der Waals surface area contributed by atoms with Crippen LogP contribution in [-0.4, -0.2) is 5.91 Å². The Morgan fingerprint density at radius 3 is 2.71 bits per heavy atom. The average molecular weight is 361 g/mol. The van der Waals surface area contributed by atoms with Crippen molar-refractivity contribution in [3.8, 4) is 0 Å². The molecular weight excluding hydrogens is 348 g/mol. The second-order valence-electron chi connectivity index (χ2n) is 4.81. The van der Waals surface area contributed by atoms with Gasteiger partial charge in [-0.15, -0.1) is 11.3 Å². The van der Waals surface area contributed by atoms with Crippen LogP contribution in [0.15, 0.2) is 46.9 Å². The molecule has 1 aromatic heterocycles. The first-order valence-corrected chi connectivity index (χ1v) is 8.01. The first kappa shape index (κ1) is 14.1. The number of nitrogen functional groups attached to an aromatic ring is 1. The summed E-state index contributed by atoms with van der Waals surface area (Å²) >= 11 is 4.84. The fourth-order valence-corrected chi connectivity index (χ4v) is 3.86. The van der Waals surface area contributed by atoms with Crippen LogP contribution >= 0.6 is 27.3 Å². The summed E-state index contributed by atoms with van der Waals surface area (Å²) in [6.45, 7) is 1.98. The Kier molecular flexibility index (Phi) is 3.69. The number of nitrogens with one attached hydrogen (secondary N) is 1. The minimum absolute atomic E-state index is 0.175. The lowest BCUT2D eigenvalue weighted by molar-refractivity contribution is 0.103. The average Bonchev–Trinajstić information content (AvgIpc) is 2.76. The van der Waals surface area contributed by atoms with E-state index in [0.717, 1.165) is 25.8 Å². The van der Waals surface area contributed by atoms with Gasteiger partial charge in [0, 0.05) is 20.2 Å². The molecule has 0 saturated heterocycles. The lowest BCUT2D eigenvalue weighted by Gasteiger charge is -2.06. The van der Waals surface area contributed by atoms with E-state index in [-0.39, 0.29) is 5.91 Å². The van der Waals surface area contributed by atoms with Crippen molar-refractivity contribution in [1.82, 2.24) is 0 Å². The number of hydrogen-bond donors (Lipinski definition) is 2. The molecule has 1 heterocycles. The van der Waals surface area contributed by atoms with E-state index in [9.17, 15) is 4.79 Å². The Balaban J connectivity index is 1.95. The van der Waals surface area contributed by atoms with Crippen LogP contribution in [0, 0.1) is 6.92 Å². The van der Waals surface area contributed by atoms with E-state index in [1.807, 2.05) is 49.4 Å². The summed E-state index contributed by atoms with van der Waals surface area (Å²) in [6.07, 6.45) is 0. The van der Waals surface area contributed by atoms with Crippen LogP contribution in [0.2, 0.25) is 0 Å². The van der Waals surface area contributed by atoms with Crippen LogP contribution in [0.4, 0.5) is 11.4 Å². The third-order valence-corrected chi connectivity index (χ3v) is 4.78. The zero-order valence-corrected chi connectivity index (χ0v) is 13.7. The Morgan fingerprint density at radius 1 is 1.24 bits per heavy atom. The van der Waals surface area contributed by atoms with Gasteiger partial charge in [-0.25, -0.2) is 0 Å². The zero-order valence-electron chi connectivity index (χ0n) is 11.3. The highest BCUT2D eigenvalue weighted by atomic mass is 79.9. The number of carbonyl (C=O) groups excluding carboxylic acids is 1. The van der Waals surface area contributed by atoms with Gasteiger partial charge in [0.2, 0.25) is 0 Å². The number of benzene rings is 2. The SMILES string of the molecule is Cc1cc(Br)cc(NC(=O)c2sc3ccccc3c2N)c1. The molecule has 5 heteroatoms. The summed E-state index contributed by atoms with van der Waals surface area (Å²) < 4.78 is 1.95.